The molecule has 0 saturated carbocycles. The van der Waals surface area contributed by atoms with Crippen molar-refractivity contribution in [1.82, 2.24) is 14.9 Å². The third kappa shape index (κ3) is 4.06. The first kappa shape index (κ1) is 17.2. The lowest BCUT2D eigenvalue weighted by molar-refractivity contribution is -0.121. The predicted octanol–water partition coefficient (Wildman–Crippen LogP) is 3.32. The van der Waals surface area contributed by atoms with Crippen molar-refractivity contribution < 1.29 is 4.79 Å². The highest BCUT2D eigenvalue weighted by Crippen LogP contribution is 2.16. The third-order valence-corrected chi connectivity index (χ3v) is 4.31. The molecule has 3 aromatic rings. The van der Waals surface area contributed by atoms with Gasteiger partial charge in [0.25, 0.3) is 5.56 Å². The summed E-state index contributed by atoms with van der Waals surface area (Å²) in [6.45, 7) is 2.20. The molecule has 1 N–H and O–H groups in total. The lowest BCUT2D eigenvalue weighted by Crippen LogP contribution is -2.29. The van der Waals surface area contributed by atoms with E-state index in [1.165, 1.54) is 10.9 Å². The van der Waals surface area contributed by atoms with Crippen LogP contribution in [0.25, 0.3) is 10.9 Å². The zero-order chi connectivity index (χ0) is 17.8. The molecule has 2 aromatic carbocycles. The van der Waals surface area contributed by atoms with E-state index in [2.05, 4.69) is 10.3 Å². The number of rotatable bonds is 5. The highest BCUT2D eigenvalue weighted by atomic mass is 35.5. The van der Waals surface area contributed by atoms with Crippen LogP contribution in [0.4, 0.5) is 0 Å². The van der Waals surface area contributed by atoms with Gasteiger partial charge in [-0.2, -0.15) is 0 Å². The fourth-order valence-electron chi connectivity index (χ4n) is 2.64. The van der Waals surface area contributed by atoms with Gasteiger partial charge in [0.2, 0.25) is 5.91 Å². The Morgan fingerprint density at radius 3 is 2.68 bits per heavy atom. The smallest absolute Gasteiger partial charge is 0.261 e. The molecule has 1 unspecified atom stereocenters. The number of hydrogen-bond acceptors (Lipinski definition) is 3. The predicted molar refractivity (Wildman–Crippen MR) is 98.6 cm³/mol. The van der Waals surface area contributed by atoms with Crippen molar-refractivity contribution in [2.45, 2.75) is 25.9 Å². The summed E-state index contributed by atoms with van der Waals surface area (Å²) in [5.41, 5.74) is 1.50. The second kappa shape index (κ2) is 7.49. The number of aromatic nitrogens is 2. The Kier molecular flexibility index (Phi) is 5.14. The van der Waals surface area contributed by atoms with E-state index in [1.54, 1.807) is 30.3 Å². The molecule has 0 radical (unpaired) electrons. The molecule has 3 rings (SSSR count). The summed E-state index contributed by atoms with van der Waals surface area (Å²) in [5, 5.41) is 4.14. The fourth-order valence-corrected chi connectivity index (χ4v) is 2.76. The summed E-state index contributed by atoms with van der Waals surface area (Å²) in [5.74, 6) is -0.123. The summed E-state index contributed by atoms with van der Waals surface area (Å²) >= 11 is 5.87. The van der Waals surface area contributed by atoms with Gasteiger partial charge in [0.1, 0.15) is 0 Å². The average Bonchev–Trinajstić information content (AvgIpc) is 2.62. The molecule has 1 heterocycles. The number of carbonyl (C=O) groups excluding carboxylic acids is 1. The van der Waals surface area contributed by atoms with Gasteiger partial charge >= 0.3 is 0 Å². The Morgan fingerprint density at radius 2 is 1.92 bits per heavy atom. The molecule has 1 amide bonds. The zero-order valence-corrected chi connectivity index (χ0v) is 14.5. The Labute approximate surface area is 150 Å². The van der Waals surface area contributed by atoms with Gasteiger partial charge < -0.3 is 5.32 Å². The van der Waals surface area contributed by atoms with Crippen LogP contribution in [0.5, 0.6) is 0 Å². The van der Waals surface area contributed by atoms with Crippen LogP contribution < -0.4 is 10.9 Å². The van der Waals surface area contributed by atoms with Crippen LogP contribution in [0.1, 0.15) is 24.9 Å². The van der Waals surface area contributed by atoms with Gasteiger partial charge in [-0.15, -0.1) is 0 Å². The first-order valence-electron chi connectivity index (χ1n) is 8.03. The molecular weight excluding hydrogens is 338 g/mol. The first-order chi connectivity index (χ1) is 12.0. The number of aryl methyl sites for hydroxylation is 1. The van der Waals surface area contributed by atoms with Gasteiger partial charge in [0.15, 0.2) is 0 Å². The number of amides is 1. The molecule has 1 atom stereocenters. The molecule has 0 fully saturated rings. The maximum absolute atomic E-state index is 12.4. The number of nitrogens with one attached hydrogen (secondary N) is 1. The van der Waals surface area contributed by atoms with E-state index in [0.29, 0.717) is 15.9 Å². The molecule has 1 aromatic heterocycles. The lowest BCUT2D eigenvalue weighted by Gasteiger charge is -2.15. The van der Waals surface area contributed by atoms with Crippen LogP contribution in [-0.2, 0) is 11.3 Å². The minimum absolute atomic E-state index is 0.123. The number of nitrogens with zero attached hydrogens (tertiary/aromatic N) is 2. The second-order valence-corrected chi connectivity index (χ2v) is 6.29. The maximum atomic E-state index is 12.4. The molecule has 25 heavy (non-hydrogen) atoms. The minimum Gasteiger partial charge on any atom is -0.350 e. The van der Waals surface area contributed by atoms with Crippen molar-refractivity contribution in [3.05, 3.63) is 75.8 Å². The molecule has 0 saturated heterocycles. The van der Waals surface area contributed by atoms with Gasteiger partial charge in [0, 0.05) is 18.0 Å². The molecule has 5 nitrogen and oxygen atoms in total. The summed E-state index contributed by atoms with van der Waals surface area (Å²) < 4.78 is 1.47. The first-order valence-corrected chi connectivity index (χ1v) is 8.41. The molecule has 0 aliphatic heterocycles. The minimum atomic E-state index is -0.135. The molecule has 128 valence electrons. The van der Waals surface area contributed by atoms with Crippen molar-refractivity contribution in [1.29, 1.82) is 0 Å². The largest absolute Gasteiger partial charge is 0.350 e. The number of carbonyl (C=O) groups is 1. The normalized spacial score (nSPS) is 12.1. The number of halogens is 1. The molecule has 0 aliphatic carbocycles. The average molecular weight is 356 g/mol. The van der Waals surface area contributed by atoms with Gasteiger partial charge in [0.05, 0.1) is 23.3 Å². The van der Waals surface area contributed by atoms with E-state index in [9.17, 15) is 9.59 Å². The van der Waals surface area contributed by atoms with Crippen LogP contribution in [0.15, 0.2) is 59.7 Å². The van der Waals surface area contributed by atoms with Gasteiger partial charge in [-0.3, -0.25) is 14.2 Å². The van der Waals surface area contributed by atoms with Crippen LogP contribution in [0, 0.1) is 0 Å². The highest BCUT2D eigenvalue weighted by Gasteiger charge is 2.10. The SMILES string of the molecule is CC(NC(=O)CCn1cnc2ccccc2c1=O)c1ccc(Cl)cc1. The van der Waals surface area contributed by atoms with Gasteiger partial charge in [-0.05, 0) is 36.8 Å². The summed E-state index contributed by atoms with van der Waals surface area (Å²) in [6, 6.07) is 14.4. The molecular formula is C19H18ClN3O2. The van der Waals surface area contributed by atoms with Crippen LogP contribution in [0.2, 0.25) is 5.02 Å². The second-order valence-electron chi connectivity index (χ2n) is 5.85. The van der Waals surface area contributed by atoms with Crippen LogP contribution >= 0.6 is 11.6 Å². The highest BCUT2D eigenvalue weighted by molar-refractivity contribution is 6.30. The molecule has 0 aliphatic rings. The third-order valence-electron chi connectivity index (χ3n) is 4.06. The van der Waals surface area contributed by atoms with Crippen LogP contribution in [-0.4, -0.2) is 15.5 Å². The standard InChI is InChI=1S/C19H18ClN3O2/c1-13(14-6-8-15(20)9-7-14)22-18(24)10-11-23-12-21-17-5-3-2-4-16(17)19(23)25/h2-9,12-13H,10-11H2,1H3,(H,22,24). The van der Waals surface area contributed by atoms with Crippen molar-refractivity contribution >= 4 is 28.4 Å². The van der Waals surface area contributed by atoms with E-state index in [4.69, 9.17) is 11.6 Å². The van der Waals surface area contributed by atoms with E-state index in [-0.39, 0.29) is 30.5 Å². The van der Waals surface area contributed by atoms with Crippen molar-refractivity contribution in [3.63, 3.8) is 0 Å². The number of hydrogen-bond donors (Lipinski definition) is 1. The lowest BCUT2D eigenvalue weighted by atomic mass is 10.1. The van der Waals surface area contributed by atoms with Crippen molar-refractivity contribution in [3.8, 4) is 0 Å². The zero-order valence-electron chi connectivity index (χ0n) is 13.8. The quantitative estimate of drug-likeness (QED) is 0.763. The Morgan fingerprint density at radius 1 is 1.20 bits per heavy atom. The molecule has 0 spiro atoms. The number of benzene rings is 2. The molecule has 0 bridgehead atoms. The fraction of sp³-hybridized carbons (Fsp3) is 0.211. The Balaban J connectivity index is 1.63. The summed E-state index contributed by atoms with van der Waals surface area (Å²) in [6.07, 6.45) is 1.69. The van der Waals surface area contributed by atoms with Gasteiger partial charge in [-0.1, -0.05) is 35.9 Å². The summed E-state index contributed by atoms with van der Waals surface area (Å²) in [7, 11) is 0. The van der Waals surface area contributed by atoms with Crippen LogP contribution in [0.3, 0.4) is 0 Å². The van der Waals surface area contributed by atoms with E-state index in [1.807, 2.05) is 25.1 Å². The number of fused-ring (bicyclic) bond motifs is 1. The Bertz CT molecular complexity index is 951. The Hall–Kier alpha value is -2.66. The van der Waals surface area contributed by atoms with Crippen molar-refractivity contribution in [2.75, 3.05) is 0 Å². The van der Waals surface area contributed by atoms with E-state index >= 15 is 0 Å². The monoisotopic (exact) mass is 355 g/mol. The van der Waals surface area contributed by atoms with Crippen molar-refractivity contribution in [2.24, 2.45) is 0 Å². The van der Waals surface area contributed by atoms with Gasteiger partial charge in [-0.25, -0.2) is 4.98 Å². The maximum Gasteiger partial charge on any atom is 0.261 e. The number of para-hydroxylation sites is 1. The van der Waals surface area contributed by atoms with E-state index in [0.717, 1.165) is 5.56 Å². The topological polar surface area (TPSA) is 64.0 Å². The van der Waals surface area contributed by atoms with E-state index < -0.39 is 0 Å². The molecule has 6 heteroatoms. The summed E-state index contributed by atoms with van der Waals surface area (Å²) in [4.78, 5) is 28.8.